The summed E-state index contributed by atoms with van der Waals surface area (Å²) in [5.41, 5.74) is -1.26. The molecule has 0 saturated carbocycles. The molecule has 0 bridgehead atoms. The Hall–Kier alpha value is -2.18. The molecule has 0 radical (unpaired) electrons. The monoisotopic (exact) mass is 281 g/mol. The lowest BCUT2D eigenvalue weighted by Gasteiger charge is -2.20. The molecule has 1 rings (SSSR count). The zero-order chi connectivity index (χ0) is 15.6. The van der Waals surface area contributed by atoms with Gasteiger partial charge < -0.3 is 9.84 Å². The Morgan fingerprint density at radius 2 is 1.65 bits per heavy atom. The molecule has 7 heteroatoms. The molecule has 0 aliphatic rings. The fourth-order valence-electron chi connectivity index (χ4n) is 1.23. The molecule has 0 spiro atoms. The summed E-state index contributed by atoms with van der Waals surface area (Å²) >= 11 is 0. The molecule has 0 atom stereocenters. The van der Waals surface area contributed by atoms with Crippen molar-refractivity contribution in [2.45, 2.75) is 45.6 Å². The van der Waals surface area contributed by atoms with Crippen molar-refractivity contribution in [3.63, 3.8) is 0 Å². The van der Waals surface area contributed by atoms with Gasteiger partial charge in [0.15, 0.2) is 0 Å². The Morgan fingerprint density at radius 3 is 2.05 bits per heavy atom. The standard InChI is InChI=1S/C13H19N3O4/c1-12(2,3)20-11(19)16-10-14-6-8(7-15-10)13(4,5)9(17)18/h6-7H,1-5H3,(H,17,18)(H,14,15,16,19). The van der Waals surface area contributed by atoms with Gasteiger partial charge in [0.2, 0.25) is 5.95 Å². The molecule has 20 heavy (non-hydrogen) atoms. The number of nitrogens with zero attached hydrogens (tertiary/aromatic N) is 2. The van der Waals surface area contributed by atoms with E-state index in [0.717, 1.165) is 0 Å². The number of ether oxygens (including phenoxy) is 1. The van der Waals surface area contributed by atoms with Crippen LogP contribution in [0.3, 0.4) is 0 Å². The number of carbonyl (C=O) groups is 2. The normalized spacial score (nSPS) is 11.8. The molecule has 7 nitrogen and oxygen atoms in total. The van der Waals surface area contributed by atoms with Crippen molar-refractivity contribution >= 4 is 18.0 Å². The highest BCUT2D eigenvalue weighted by molar-refractivity contribution is 5.83. The van der Waals surface area contributed by atoms with Gasteiger partial charge in [0.05, 0.1) is 5.41 Å². The molecule has 0 aromatic carbocycles. The second kappa shape index (κ2) is 5.44. The first kappa shape index (κ1) is 15.9. The lowest BCUT2D eigenvalue weighted by molar-refractivity contribution is -0.142. The van der Waals surface area contributed by atoms with Crippen LogP contribution in [-0.2, 0) is 14.9 Å². The molecule has 1 amide bonds. The van der Waals surface area contributed by atoms with E-state index in [0.29, 0.717) is 5.56 Å². The number of aliphatic carboxylic acids is 1. The van der Waals surface area contributed by atoms with Crippen LogP contribution in [0.2, 0.25) is 0 Å². The molecule has 0 aliphatic heterocycles. The van der Waals surface area contributed by atoms with E-state index in [1.54, 1.807) is 34.6 Å². The molecule has 0 saturated heterocycles. The van der Waals surface area contributed by atoms with Crippen molar-refractivity contribution in [3.8, 4) is 0 Å². The second-order valence-corrected chi connectivity index (χ2v) is 5.85. The van der Waals surface area contributed by atoms with E-state index in [4.69, 9.17) is 9.84 Å². The van der Waals surface area contributed by atoms with Gasteiger partial charge in [-0.25, -0.2) is 14.8 Å². The number of carboxylic acids is 1. The Kier molecular flexibility index (Phi) is 4.32. The lowest BCUT2D eigenvalue weighted by Crippen LogP contribution is -2.29. The number of rotatable bonds is 3. The molecule has 0 fully saturated rings. The van der Waals surface area contributed by atoms with Crippen molar-refractivity contribution in [3.05, 3.63) is 18.0 Å². The van der Waals surface area contributed by atoms with Crippen LogP contribution in [0.1, 0.15) is 40.2 Å². The van der Waals surface area contributed by atoms with Gasteiger partial charge in [-0.3, -0.25) is 10.1 Å². The molecular weight excluding hydrogens is 262 g/mol. The van der Waals surface area contributed by atoms with Crippen molar-refractivity contribution in [2.24, 2.45) is 0 Å². The smallest absolute Gasteiger partial charge is 0.414 e. The first-order chi connectivity index (χ1) is 9.02. The fraction of sp³-hybridized carbons (Fsp3) is 0.538. The molecule has 1 aromatic heterocycles. The zero-order valence-corrected chi connectivity index (χ0v) is 12.2. The quantitative estimate of drug-likeness (QED) is 0.880. The van der Waals surface area contributed by atoms with Crippen molar-refractivity contribution in [1.29, 1.82) is 0 Å². The van der Waals surface area contributed by atoms with Gasteiger partial charge in [0, 0.05) is 18.0 Å². The summed E-state index contributed by atoms with van der Waals surface area (Å²) in [5, 5.41) is 11.5. The third-order valence-corrected chi connectivity index (χ3v) is 2.52. The number of nitrogens with one attached hydrogen (secondary N) is 1. The molecule has 110 valence electrons. The third-order valence-electron chi connectivity index (χ3n) is 2.52. The van der Waals surface area contributed by atoms with Crippen molar-refractivity contribution in [2.75, 3.05) is 5.32 Å². The highest BCUT2D eigenvalue weighted by Crippen LogP contribution is 2.22. The summed E-state index contributed by atoms with van der Waals surface area (Å²) in [6.07, 6.45) is 2.07. The van der Waals surface area contributed by atoms with Gasteiger partial charge in [-0.2, -0.15) is 0 Å². The molecule has 0 unspecified atom stereocenters. The van der Waals surface area contributed by atoms with Crippen LogP contribution in [0.4, 0.5) is 10.7 Å². The average molecular weight is 281 g/mol. The van der Waals surface area contributed by atoms with Gasteiger partial charge in [-0.05, 0) is 34.6 Å². The number of carbonyl (C=O) groups excluding carboxylic acids is 1. The summed E-state index contributed by atoms with van der Waals surface area (Å²) in [6, 6.07) is 0. The van der Waals surface area contributed by atoms with E-state index in [1.807, 2.05) is 0 Å². The Balaban J connectivity index is 2.78. The lowest BCUT2D eigenvalue weighted by atomic mass is 9.87. The van der Waals surface area contributed by atoms with Crippen LogP contribution in [0, 0.1) is 0 Å². The largest absolute Gasteiger partial charge is 0.481 e. The Labute approximate surface area is 117 Å². The zero-order valence-electron chi connectivity index (χ0n) is 12.2. The number of hydrogen-bond donors (Lipinski definition) is 2. The minimum atomic E-state index is -1.09. The maximum Gasteiger partial charge on any atom is 0.414 e. The first-order valence-corrected chi connectivity index (χ1v) is 6.08. The highest BCUT2D eigenvalue weighted by atomic mass is 16.6. The average Bonchev–Trinajstić information content (AvgIpc) is 2.26. The van der Waals surface area contributed by atoms with E-state index < -0.39 is 23.1 Å². The van der Waals surface area contributed by atoms with Crippen LogP contribution >= 0.6 is 0 Å². The number of anilines is 1. The minimum Gasteiger partial charge on any atom is -0.481 e. The first-order valence-electron chi connectivity index (χ1n) is 6.08. The van der Waals surface area contributed by atoms with E-state index >= 15 is 0 Å². The predicted molar refractivity (Wildman–Crippen MR) is 72.6 cm³/mol. The summed E-state index contributed by atoms with van der Waals surface area (Å²) in [7, 11) is 0. The Bertz CT molecular complexity index is 503. The summed E-state index contributed by atoms with van der Waals surface area (Å²) < 4.78 is 5.05. The SMILES string of the molecule is CC(C)(C)OC(=O)Nc1ncc(C(C)(C)C(=O)O)cn1. The summed E-state index contributed by atoms with van der Waals surface area (Å²) in [6.45, 7) is 8.33. The van der Waals surface area contributed by atoms with Gasteiger partial charge in [0.25, 0.3) is 0 Å². The number of carboxylic acid groups (broad SMARTS) is 1. The van der Waals surface area contributed by atoms with Crippen LogP contribution < -0.4 is 5.32 Å². The van der Waals surface area contributed by atoms with E-state index in [-0.39, 0.29) is 5.95 Å². The molecule has 0 aliphatic carbocycles. The van der Waals surface area contributed by atoms with Crippen LogP contribution in [-0.4, -0.2) is 32.7 Å². The number of hydrogen-bond acceptors (Lipinski definition) is 5. The maximum absolute atomic E-state index is 11.5. The van der Waals surface area contributed by atoms with Gasteiger partial charge in [0.1, 0.15) is 5.60 Å². The summed E-state index contributed by atoms with van der Waals surface area (Å²) in [5.74, 6) is -0.918. The van der Waals surface area contributed by atoms with E-state index in [9.17, 15) is 9.59 Å². The maximum atomic E-state index is 11.5. The summed E-state index contributed by atoms with van der Waals surface area (Å²) in [4.78, 5) is 30.4. The van der Waals surface area contributed by atoms with Crippen molar-refractivity contribution in [1.82, 2.24) is 9.97 Å². The van der Waals surface area contributed by atoms with Crippen molar-refractivity contribution < 1.29 is 19.4 Å². The van der Waals surface area contributed by atoms with Gasteiger partial charge >= 0.3 is 12.1 Å². The molecule has 2 N–H and O–H groups in total. The molecular formula is C13H19N3O4. The predicted octanol–water partition coefficient (Wildman–Crippen LogP) is 2.19. The van der Waals surface area contributed by atoms with Gasteiger partial charge in [-0.1, -0.05) is 0 Å². The van der Waals surface area contributed by atoms with Crippen LogP contribution in [0.25, 0.3) is 0 Å². The number of amides is 1. The minimum absolute atomic E-state index is 0.0594. The molecule has 1 heterocycles. The van der Waals surface area contributed by atoms with E-state index in [1.165, 1.54) is 12.4 Å². The van der Waals surface area contributed by atoms with Crippen LogP contribution in [0.5, 0.6) is 0 Å². The topological polar surface area (TPSA) is 101 Å². The highest BCUT2D eigenvalue weighted by Gasteiger charge is 2.30. The van der Waals surface area contributed by atoms with E-state index in [2.05, 4.69) is 15.3 Å². The second-order valence-electron chi connectivity index (χ2n) is 5.85. The van der Waals surface area contributed by atoms with Gasteiger partial charge in [-0.15, -0.1) is 0 Å². The third kappa shape index (κ3) is 4.18. The number of aromatic nitrogens is 2. The molecule has 1 aromatic rings. The fourth-order valence-corrected chi connectivity index (χ4v) is 1.23. The van der Waals surface area contributed by atoms with Crippen LogP contribution in [0.15, 0.2) is 12.4 Å². The Morgan fingerprint density at radius 1 is 1.15 bits per heavy atom.